The van der Waals surface area contributed by atoms with Crippen molar-refractivity contribution >= 4 is 17.5 Å². The molecule has 2 aromatic rings. The molecule has 2 heterocycles. The van der Waals surface area contributed by atoms with Gasteiger partial charge in [-0.3, -0.25) is 9.59 Å². The number of nitrogens with zero attached hydrogens (tertiary/aromatic N) is 2. The Hall–Kier alpha value is -2.86. The van der Waals surface area contributed by atoms with Crippen LogP contribution in [0.3, 0.4) is 0 Å². The predicted octanol–water partition coefficient (Wildman–Crippen LogP) is 4.06. The first kappa shape index (κ1) is 20.1. The number of carbonyl (C=O) groups excluding carboxylic acids is 2. The quantitative estimate of drug-likeness (QED) is 0.812. The van der Waals surface area contributed by atoms with Crippen LogP contribution in [0.15, 0.2) is 48.5 Å². The Morgan fingerprint density at radius 2 is 1.65 bits per heavy atom. The van der Waals surface area contributed by atoms with Gasteiger partial charge in [0.15, 0.2) is 0 Å². The Balaban J connectivity index is 1.36. The van der Waals surface area contributed by atoms with Crippen molar-refractivity contribution in [3.05, 3.63) is 65.2 Å². The van der Waals surface area contributed by atoms with Gasteiger partial charge in [-0.15, -0.1) is 0 Å². The molecule has 0 spiro atoms. The zero-order valence-electron chi connectivity index (χ0n) is 17.8. The zero-order valence-corrected chi connectivity index (χ0v) is 17.8. The van der Waals surface area contributed by atoms with Gasteiger partial charge in [0.05, 0.1) is 13.2 Å². The summed E-state index contributed by atoms with van der Waals surface area (Å²) in [6, 6.07) is 15.8. The minimum Gasteiger partial charge on any atom is -0.378 e. The topological polar surface area (TPSA) is 61.9 Å². The summed E-state index contributed by atoms with van der Waals surface area (Å²) < 4.78 is 5.34. The zero-order chi connectivity index (χ0) is 21.2. The SMILES string of the molecule is O=C(c1ccc(NC2c3ccccc3C(=O)N2C2CCCCC2)cc1)N1CCOCC1. The summed E-state index contributed by atoms with van der Waals surface area (Å²) in [5.74, 6) is 0.166. The fourth-order valence-corrected chi connectivity index (χ4v) is 5.04. The standard InChI is InChI=1S/C25H29N3O3/c29-24(27-14-16-31-17-15-27)18-10-12-19(13-11-18)26-23-21-8-4-5-9-22(21)25(30)28(23)20-6-2-1-3-7-20/h4-5,8-13,20,23,26H,1-3,6-7,14-17H2. The van der Waals surface area contributed by atoms with Crippen molar-refractivity contribution in [2.75, 3.05) is 31.6 Å². The second-order valence-electron chi connectivity index (χ2n) is 8.62. The number of anilines is 1. The lowest BCUT2D eigenvalue weighted by Gasteiger charge is -2.36. The van der Waals surface area contributed by atoms with Crippen LogP contribution in [0.1, 0.15) is 64.5 Å². The summed E-state index contributed by atoms with van der Waals surface area (Å²) in [4.78, 5) is 29.8. The van der Waals surface area contributed by atoms with Gasteiger partial charge < -0.3 is 19.9 Å². The second-order valence-corrected chi connectivity index (χ2v) is 8.62. The number of ether oxygens (including phenoxy) is 1. The van der Waals surface area contributed by atoms with Gasteiger partial charge in [-0.05, 0) is 43.2 Å². The predicted molar refractivity (Wildman–Crippen MR) is 119 cm³/mol. The first-order valence-electron chi connectivity index (χ1n) is 11.4. The van der Waals surface area contributed by atoms with Crippen LogP contribution < -0.4 is 5.32 Å². The van der Waals surface area contributed by atoms with E-state index < -0.39 is 0 Å². The molecule has 0 radical (unpaired) electrons. The summed E-state index contributed by atoms with van der Waals surface area (Å²) in [7, 11) is 0. The van der Waals surface area contributed by atoms with Crippen molar-refractivity contribution in [2.45, 2.75) is 44.3 Å². The third kappa shape index (κ3) is 3.92. The van der Waals surface area contributed by atoms with E-state index in [2.05, 4.69) is 10.2 Å². The van der Waals surface area contributed by atoms with E-state index in [-0.39, 0.29) is 24.0 Å². The monoisotopic (exact) mass is 419 g/mol. The van der Waals surface area contributed by atoms with E-state index in [1.165, 1.54) is 19.3 Å². The van der Waals surface area contributed by atoms with Crippen molar-refractivity contribution in [3.8, 4) is 0 Å². The molecule has 3 aliphatic rings. The molecule has 162 valence electrons. The molecule has 1 atom stereocenters. The molecule has 1 N–H and O–H groups in total. The van der Waals surface area contributed by atoms with Gasteiger partial charge in [0.25, 0.3) is 11.8 Å². The Bertz CT molecular complexity index is 947. The Kier molecular flexibility index (Phi) is 5.64. The van der Waals surface area contributed by atoms with E-state index >= 15 is 0 Å². The number of hydrogen-bond donors (Lipinski definition) is 1. The third-order valence-corrected chi connectivity index (χ3v) is 6.70. The third-order valence-electron chi connectivity index (χ3n) is 6.70. The van der Waals surface area contributed by atoms with E-state index in [9.17, 15) is 9.59 Å². The molecule has 2 aromatic carbocycles. The van der Waals surface area contributed by atoms with E-state index in [1.807, 2.05) is 53.4 Å². The van der Waals surface area contributed by atoms with Crippen LogP contribution in [0.25, 0.3) is 0 Å². The Morgan fingerprint density at radius 1 is 0.935 bits per heavy atom. The van der Waals surface area contributed by atoms with E-state index in [0.717, 1.165) is 29.7 Å². The normalized spacial score (nSPS) is 21.8. The van der Waals surface area contributed by atoms with Crippen LogP contribution in [-0.2, 0) is 4.74 Å². The summed E-state index contributed by atoms with van der Waals surface area (Å²) in [5, 5.41) is 3.58. The van der Waals surface area contributed by atoms with Crippen molar-refractivity contribution in [1.82, 2.24) is 9.80 Å². The molecule has 1 unspecified atom stereocenters. The minimum absolute atomic E-state index is 0.0417. The average molecular weight is 420 g/mol. The van der Waals surface area contributed by atoms with E-state index in [0.29, 0.717) is 31.9 Å². The number of fused-ring (bicyclic) bond motifs is 1. The molecule has 1 aliphatic carbocycles. The average Bonchev–Trinajstić information content (AvgIpc) is 3.12. The maximum atomic E-state index is 13.2. The van der Waals surface area contributed by atoms with Crippen LogP contribution in [0.4, 0.5) is 5.69 Å². The van der Waals surface area contributed by atoms with E-state index in [1.54, 1.807) is 0 Å². The smallest absolute Gasteiger partial charge is 0.256 e. The summed E-state index contributed by atoms with van der Waals surface area (Å²) in [5.41, 5.74) is 3.42. The van der Waals surface area contributed by atoms with Crippen LogP contribution in [0.5, 0.6) is 0 Å². The van der Waals surface area contributed by atoms with Gasteiger partial charge in [-0.25, -0.2) is 0 Å². The molecular weight excluding hydrogens is 390 g/mol. The molecular formula is C25H29N3O3. The highest BCUT2D eigenvalue weighted by Gasteiger charge is 2.40. The molecule has 5 rings (SSSR count). The van der Waals surface area contributed by atoms with Crippen LogP contribution in [0, 0.1) is 0 Å². The number of rotatable bonds is 4. The molecule has 1 saturated carbocycles. The number of benzene rings is 2. The first-order chi connectivity index (χ1) is 15.2. The first-order valence-corrected chi connectivity index (χ1v) is 11.4. The van der Waals surface area contributed by atoms with Gasteiger partial charge in [0.1, 0.15) is 6.17 Å². The molecule has 6 heteroatoms. The highest BCUT2D eigenvalue weighted by atomic mass is 16.5. The van der Waals surface area contributed by atoms with Crippen LogP contribution in [-0.4, -0.2) is 54.0 Å². The maximum absolute atomic E-state index is 13.2. The van der Waals surface area contributed by atoms with Gasteiger partial charge in [0, 0.05) is 41.5 Å². The summed E-state index contributed by atoms with van der Waals surface area (Å²) in [6.07, 6.45) is 5.55. The van der Waals surface area contributed by atoms with Gasteiger partial charge in [-0.2, -0.15) is 0 Å². The Labute approximate surface area is 183 Å². The van der Waals surface area contributed by atoms with E-state index in [4.69, 9.17) is 4.74 Å². The number of amides is 2. The van der Waals surface area contributed by atoms with Crippen molar-refractivity contribution in [3.63, 3.8) is 0 Å². The van der Waals surface area contributed by atoms with Crippen molar-refractivity contribution in [2.24, 2.45) is 0 Å². The fourth-order valence-electron chi connectivity index (χ4n) is 5.04. The van der Waals surface area contributed by atoms with Crippen LogP contribution >= 0.6 is 0 Å². The maximum Gasteiger partial charge on any atom is 0.256 e. The largest absolute Gasteiger partial charge is 0.378 e. The summed E-state index contributed by atoms with van der Waals surface area (Å²) in [6.45, 7) is 2.46. The molecule has 2 amide bonds. The minimum atomic E-state index is -0.174. The highest BCUT2D eigenvalue weighted by Crippen LogP contribution is 2.39. The number of carbonyl (C=O) groups is 2. The van der Waals surface area contributed by atoms with Gasteiger partial charge in [0.2, 0.25) is 0 Å². The molecule has 0 aromatic heterocycles. The lowest BCUT2D eigenvalue weighted by atomic mass is 9.94. The Morgan fingerprint density at radius 3 is 2.39 bits per heavy atom. The second kappa shape index (κ2) is 8.71. The summed E-state index contributed by atoms with van der Waals surface area (Å²) >= 11 is 0. The highest BCUT2D eigenvalue weighted by molar-refractivity contribution is 6.00. The lowest BCUT2D eigenvalue weighted by molar-refractivity contribution is 0.0303. The molecule has 1 saturated heterocycles. The van der Waals surface area contributed by atoms with Crippen molar-refractivity contribution in [1.29, 1.82) is 0 Å². The number of morpholine rings is 1. The molecule has 0 bridgehead atoms. The fraction of sp³-hybridized carbons (Fsp3) is 0.440. The number of hydrogen-bond acceptors (Lipinski definition) is 4. The van der Waals surface area contributed by atoms with Crippen molar-refractivity contribution < 1.29 is 14.3 Å². The molecule has 6 nitrogen and oxygen atoms in total. The molecule has 31 heavy (non-hydrogen) atoms. The molecule has 2 fully saturated rings. The van der Waals surface area contributed by atoms with Gasteiger partial charge >= 0.3 is 0 Å². The lowest BCUT2D eigenvalue weighted by Crippen LogP contribution is -2.42. The van der Waals surface area contributed by atoms with Gasteiger partial charge in [-0.1, -0.05) is 37.5 Å². The molecule has 2 aliphatic heterocycles. The number of nitrogens with one attached hydrogen (secondary N) is 1. The van der Waals surface area contributed by atoms with Crippen LogP contribution in [0.2, 0.25) is 0 Å².